The molecule has 0 fully saturated rings. The molecule has 0 N–H and O–H groups in total. The van der Waals surface area contributed by atoms with Crippen LogP contribution in [0, 0.1) is 0 Å². The lowest BCUT2D eigenvalue weighted by Gasteiger charge is -2.32. The van der Waals surface area contributed by atoms with Gasteiger partial charge in [-0.25, -0.2) is 25.3 Å². The Morgan fingerprint density at radius 2 is 1.25 bits per heavy atom. The summed E-state index contributed by atoms with van der Waals surface area (Å²) in [7, 11) is -12.0. The van der Waals surface area contributed by atoms with Crippen LogP contribution in [0.25, 0.3) is 32.3 Å². The van der Waals surface area contributed by atoms with Crippen molar-refractivity contribution in [2.45, 2.75) is 29.4 Å². The molecule has 7 rings (SSSR count). The minimum absolute atomic E-state index is 0.0196. The number of fused-ring (bicyclic) bond motifs is 4. The minimum Gasteiger partial charge on any atom is -0.218 e. The fourth-order valence-corrected chi connectivity index (χ4v) is 11.3. The van der Waals surface area contributed by atoms with Gasteiger partial charge in [0.2, 0.25) is 29.5 Å². The summed E-state index contributed by atoms with van der Waals surface area (Å²) in [6, 6.07) is 4.85. The number of nitrogens with zero attached hydrogens (tertiary/aromatic N) is 1. The Labute approximate surface area is 162 Å². The van der Waals surface area contributed by atoms with Gasteiger partial charge in [-0.15, -0.1) is 0 Å². The second-order valence-electron chi connectivity index (χ2n) is 6.92. The van der Waals surface area contributed by atoms with Crippen molar-refractivity contribution in [3.05, 3.63) is 18.2 Å². The van der Waals surface area contributed by atoms with Gasteiger partial charge in [0.25, 0.3) is 0 Å². The topological polar surface area (TPSA) is 115 Å². The number of isothiocyanates is 1. The third-order valence-electron chi connectivity index (χ3n) is 5.77. The highest BCUT2D eigenvalue weighted by molar-refractivity contribution is 8.00. The Kier molecular flexibility index (Phi) is 2.13. The Hall–Kier alpha value is -2.43. The van der Waals surface area contributed by atoms with Crippen molar-refractivity contribution in [1.82, 2.24) is 0 Å². The molecule has 4 aromatic rings. The van der Waals surface area contributed by atoms with Gasteiger partial charge in [0.15, 0.2) is 0 Å². The molecule has 0 spiro atoms. The van der Waals surface area contributed by atoms with Crippen LogP contribution in [0.1, 0.15) is 0 Å². The van der Waals surface area contributed by atoms with Gasteiger partial charge >= 0.3 is 0 Å². The first-order chi connectivity index (χ1) is 13.1. The normalized spacial score (nSPS) is 20.4. The molecule has 136 valence electrons. The summed E-state index contributed by atoms with van der Waals surface area (Å²) < 4.78 is 76.6. The second kappa shape index (κ2) is 3.85. The molecular weight excluding hydrogens is 442 g/mol. The van der Waals surface area contributed by atoms with Crippen molar-refractivity contribution < 1.29 is 25.3 Å². The number of benzene rings is 4. The lowest BCUT2D eigenvalue weighted by atomic mass is 9.93. The summed E-state index contributed by atoms with van der Waals surface area (Å²) in [5, 5.41) is 4.72. The third kappa shape index (κ3) is 1.21. The molecule has 3 heterocycles. The number of thiocarbonyl (C=S) groups is 1. The first-order valence-electron chi connectivity index (χ1n) is 7.86. The van der Waals surface area contributed by atoms with Gasteiger partial charge in [-0.05, 0) is 23.7 Å². The largest absolute Gasteiger partial charge is 0.218 e. The first-order valence-corrected chi connectivity index (χ1v) is 12.7. The first kappa shape index (κ1) is 15.5. The second-order valence-corrected chi connectivity index (χ2v) is 12.6. The molecule has 0 bridgehead atoms. The van der Waals surface area contributed by atoms with E-state index >= 15 is 0 Å². The van der Waals surface area contributed by atoms with E-state index in [1.54, 1.807) is 18.2 Å². The van der Waals surface area contributed by atoms with E-state index in [2.05, 4.69) is 22.4 Å². The predicted molar refractivity (Wildman–Crippen MR) is 101 cm³/mol. The zero-order valence-corrected chi connectivity index (χ0v) is 16.5. The Morgan fingerprint density at radius 3 is 1.93 bits per heavy atom. The van der Waals surface area contributed by atoms with Crippen molar-refractivity contribution >= 4 is 84.9 Å². The molecule has 3 aliphatic rings. The molecule has 11 heteroatoms. The van der Waals surface area contributed by atoms with Crippen LogP contribution < -0.4 is 0 Å². The average Bonchev–Trinajstić information content (AvgIpc) is 3.18. The van der Waals surface area contributed by atoms with Crippen LogP contribution in [0.5, 0.6) is 0 Å². The van der Waals surface area contributed by atoms with E-state index in [4.69, 9.17) is 0 Å². The number of hydrogen-bond acceptors (Lipinski definition) is 8. The molecule has 28 heavy (non-hydrogen) atoms. The zero-order chi connectivity index (χ0) is 19.5. The van der Waals surface area contributed by atoms with Crippen molar-refractivity contribution in [2.75, 3.05) is 0 Å². The number of sulfone groups is 3. The van der Waals surface area contributed by atoms with Gasteiger partial charge in [-0.2, -0.15) is 4.99 Å². The molecule has 0 atom stereocenters. The van der Waals surface area contributed by atoms with E-state index in [1.165, 1.54) is 0 Å². The summed E-state index contributed by atoms with van der Waals surface area (Å²) in [4.78, 5) is 2.76. The standard InChI is InChI=1S/C17H3NO6S4/c19-26(20)12-6-2-1-5-3-7(18-4-25)13-10-8(5)9(6)11-15(14(10)27(13,21)22)28(23,24)16(11)17(12)26/h1-3H. The molecule has 4 aromatic carbocycles. The number of aliphatic imine (C=N–C) groups is 1. The highest BCUT2D eigenvalue weighted by atomic mass is 32.2. The Balaban J connectivity index is 1.95. The fourth-order valence-electron chi connectivity index (χ4n) is 4.77. The molecule has 3 aliphatic heterocycles. The van der Waals surface area contributed by atoms with Gasteiger partial charge < -0.3 is 0 Å². The predicted octanol–water partition coefficient (Wildman–Crippen LogP) is 2.76. The van der Waals surface area contributed by atoms with Gasteiger partial charge in [-0.3, -0.25) is 0 Å². The van der Waals surface area contributed by atoms with E-state index in [9.17, 15) is 25.3 Å². The van der Waals surface area contributed by atoms with Crippen LogP contribution in [0.4, 0.5) is 5.69 Å². The van der Waals surface area contributed by atoms with E-state index < -0.39 is 29.5 Å². The molecule has 0 unspecified atom stereocenters. The van der Waals surface area contributed by atoms with E-state index in [0.717, 1.165) is 0 Å². The maximum Gasteiger partial charge on any atom is 0.211 e. The maximum atomic E-state index is 12.9. The van der Waals surface area contributed by atoms with Crippen molar-refractivity contribution in [2.24, 2.45) is 4.99 Å². The molecule has 0 aromatic heterocycles. The third-order valence-corrected chi connectivity index (χ3v) is 11.6. The number of hydrogen-bond donors (Lipinski definition) is 0. The average molecular weight is 445 g/mol. The molecule has 7 nitrogen and oxygen atoms in total. The van der Waals surface area contributed by atoms with E-state index in [-0.39, 0.29) is 45.8 Å². The Bertz CT molecular complexity index is 1940. The molecule has 0 aliphatic carbocycles. The molecule has 0 saturated heterocycles. The van der Waals surface area contributed by atoms with Crippen molar-refractivity contribution in [3.8, 4) is 0 Å². The molecule has 0 amide bonds. The zero-order valence-electron chi connectivity index (χ0n) is 13.3. The lowest BCUT2D eigenvalue weighted by molar-refractivity contribution is 0.576. The summed E-state index contributed by atoms with van der Waals surface area (Å²) in [6.45, 7) is 0. The van der Waals surface area contributed by atoms with Crippen LogP contribution in [-0.4, -0.2) is 30.4 Å². The molecular formula is C17H3NO6S4. The fraction of sp³-hybridized carbons (Fsp3) is 0. The van der Waals surface area contributed by atoms with Crippen molar-refractivity contribution in [1.29, 1.82) is 0 Å². The van der Waals surface area contributed by atoms with Gasteiger partial charge in [-0.1, -0.05) is 12.1 Å². The van der Waals surface area contributed by atoms with E-state index in [1.807, 2.05) is 0 Å². The lowest BCUT2D eigenvalue weighted by Crippen LogP contribution is -2.25. The van der Waals surface area contributed by atoms with Crippen LogP contribution >= 0.6 is 12.2 Å². The summed E-state index contributed by atoms with van der Waals surface area (Å²) >= 11 is 4.61. The smallest absolute Gasteiger partial charge is 0.211 e. The van der Waals surface area contributed by atoms with Crippen LogP contribution in [-0.2, 0) is 29.5 Å². The van der Waals surface area contributed by atoms with Gasteiger partial charge in [0, 0.05) is 26.9 Å². The maximum absolute atomic E-state index is 12.9. The minimum atomic E-state index is -4.17. The van der Waals surface area contributed by atoms with Crippen LogP contribution in [0.2, 0.25) is 0 Å². The van der Waals surface area contributed by atoms with E-state index in [0.29, 0.717) is 21.5 Å². The monoisotopic (exact) mass is 445 g/mol. The molecule has 0 radical (unpaired) electrons. The summed E-state index contributed by atoms with van der Waals surface area (Å²) in [5.41, 5.74) is 0.0981. The number of rotatable bonds is 1. The highest BCUT2D eigenvalue weighted by Gasteiger charge is 2.58. The summed E-state index contributed by atoms with van der Waals surface area (Å²) in [5.74, 6) is 0. The quantitative estimate of drug-likeness (QED) is 0.165. The van der Waals surface area contributed by atoms with Crippen molar-refractivity contribution in [3.63, 3.8) is 0 Å². The van der Waals surface area contributed by atoms with Crippen LogP contribution in [0.15, 0.2) is 52.6 Å². The highest BCUT2D eigenvalue weighted by Crippen LogP contribution is 2.65. The Morgan fingerprint density at radius 1 is 0.679 bits per heavy atom. The summed E-state index contributed by atoms with van der Waals surface area (Å²) in [6.07, 6.45) is 0. The van der Waals surface area contributed by atoms with Crippen LogP contribution in [0.3, 0.4) is 0 Å². The SMILES string of the molecule is O=S1(=O)c2c1c1ccc3cc(N=C=S)c4c5c(c6c(c2S6(=O)=O)c1c35)S4(=O)=O. The van der Waals surface area contributed by atoms with Gasteiger partial charge in [0.1, 0.15) is 29.4 Å². The van der Waals surface area contributed by atoms with Gasteiger partial charge in [0.05, 0.1) is 10.8 Å². The molecule has 0 saturated carbocycles.